The first-order chi connectivity index (χ1) is 3.31. The molecule has 0 rings (SSSR count). The third-order valence-electron chi connectivity index (χ3n) is 0.243. The zero-order chi connectivity index (χ0) is 5.70. The highest BCUT2D eigenvalue weighted by Gasteiger charge is 1.93. The lowest BCUT2D eigenvalue weighted by Crippen LogP contribution is -1.92. The normalized spacial score (nSPS) is 7.00. The third kappa shape index (κ3) is 3.57. The van der Waals surface area contributed by atoms with Crippen molar-refractivity contribution < 1.29 is 12.6 Å². The van der Waals surface area contributed by atoms with Crippen LogP contribution in [0.2, 0.25) is 0 Å². The van der Waals surface area contributed by atoms with Crippen molar-refractivity contribution in [2.24, 2.45) is 0 Å². The van der Waals surface area contributed by atoms with Crippen molar-refractivity contribution in [3.8, 4) is 0 Å². The summed E-state index contributed by atoms with van der Waals surface area (Å²) in [6, 6.07) is 0. The minimum atomic E-state index is -0.754. The van der Waals surface area contributed by atoms with E-state index in [1.54, 1.807) is 0 Å². The molecule has 0 aliphatic rings. The topological polar surface area (TPSA) is 35.5 Å². The monoisotopic (exact) mass is 214 g/mol. The van der Waals surface area contributed by atoms with Gasteiger partial charge in [0.05, 0.1) is 6.26 Å². The van der Waals surface area contributed by atoms with Crippen LogP contribution in [0.5, 0.6) is 0 Å². The van der Waals surface area contributed by atoms with Gasteiger partial charge in [-0.3, -0.25) is 0 Å². The Morgan fingerprint density at radius 2 is 2.43 bits per heavy atom. The van der Waals surface area contributed by atoms with Crippen molar-refractivity contribution in [3.05, 3.63) is 12.8 Å². The predicted molar refractivity (Wildman–Crippen MR) is 31.8 cm³/mol. The molecule has 0 spiro atoms. The molecule has 0 radical (unpaired) electrons. The SMILES string of the molecule is C=COC(=O)OI. The molecule has 0 aromatic carbocycles. The van der Waals surface area contributed by atoms with Crippen LogP contribution in [0.1, 0.15) is 0 Å². The second-order valence-corrected chi connectivity index (χ2v) is 1.05. The van der Waals surface area contributed by atoms with Crippen LogP contribution >= 0.6 is 23.0 Å². The first kappa shape index (κ1) is 6.74. The van der Waals surface area contributed by atoms with Gasteiger partial charge in [-0.15, -0.1) is 0 Å². The van der Waals surface area contributed by atoms with Gasteiger partial charge >= 0.3 is 6.16 Å². The highest BCUT2D eigenvalue weighted by atomic mass is 127. The highest BCUT2D eigenvalue weighted by Crippen LogP contribution is 1.90. The molecule has 0 atom stereocenters. The number of carbonyl (C=O) groups is 1. The third-order valence-corrected chi connectivity index (χ3v) is 0.602. The molecule has 0 N–H and O–H groups in total. The van der Waals surface area contributed by atoms with Crippen molar-refractivity contribution >= 4 is 29.2 Å². The molecule has 0 unspecified atom stereocenters. The van der Waals surface area contributed by atoms with E-state index < -0.39 is 6.16 Å². The fourth-order valence-corrected chi connectivity index (χ4v) is 0.190. The number of carbonyl (C=O) groups excluding carboxylic acids is 1. The summed E-state index contributed by atoms with van der Waals surface area (Å²) in [6.07, 6.45) is 0.247. The highest BCUT2D eigenvalue weighted by molar-refractivity contribution is 14.1. The molecule has 0 fully saturated rings. The molecule has 7 heavy (non-hydrogen) atoms. The van der Waals surface area contributed by atoms with E-state index in [4.69, 9.17) is 0 Å². The van der Waals surface area contributed by atoms with Crippen LogP contribution < -0.4 is 0 Å². The van der Waals surface area contributed by atoms with E-state index in [9.17, 15) is 4.79 Å². The Labute approximate surface area is 55.0 Å². The molecule has 0 aromatic heterocycles. The van der Waals surface area contributed by atoms with Gasteiger partial charge in [-0.25, -0.2) is 4.79 Å². The average molecular weight is 214 g/mol. The number of hydrogen-bond acceptors (Lipinski definition) is 3. The second-order valence-electron chi connectivity index (χ2n) is 0.612. The van der Waals surface area contributed by atoms with Crippen LogP contribution in [0.3, 0.4) is 0 Å². The average Bonchev–Trinajstić information content (AvgIpc) is 1.68. The molecule has 0 aliphatic heterocycles. The lowest BCUT2D eigenvalue weighted by atomic mass is 11.1. The number of ether oxygens (including phenoxy) is 1. The molecule has 0 bridgehead atoms. The first-order valence-electron chi connectivity index (χ1n) is 1.41. The van der Waals surface area contributed by atoms with Crippen LogP contribution in [0.15, 0.2) is 12.8 Å². The lowest BCUT2D eigenvalue weighted by molar-refractivity contribution is 0.151. The molecule has 0 saturated carbocycles. The van der Waals surface area contributed by atoms with E-state index in [-0.39, 0.29) is 0 Å². The first-order valence-corrected chi connectivity index (χ1v) is 2.29. The quantitative estimate of drug-likeness (QED) is 0.378. The maximum atomic E-state index is 9.89. The molecule has 3 nitrogen and oxygen atoms in total. The Kier molecular flexibility index (Phi) is 3.77. The maximum Gasteiger partial charge on any atom is 0.522 e. The summed E-state index contributed by atoms with van der Waals surface area (Å²) in [5.74, 6) is 0. The van der Waals surface area contributed by atoms with E-state index in [2.05, 4.69) is 14.4 Å². The summed E-state index contributed by atoms with van der Waals surface area (Å²) in [5.41, 5.74) is 0. The van der Waals surface area contributed by atoms with Crippen molar-refractivity contribution in [2.75, 3.05) is 0 Å². The van der Waals surface area contributed by atoms with Gasteiger partial charge in [0, 0.05) is 0 Å². The van der Waals surface area contributed by atoms with Crippen molar-refractivity contribution in [1.82, 2.24) is 0 Å². The zero-order valence-electron chi connectivity index (χ0n) is 3.39. The van der Waals surface area contributed by atoms with E-state index in [0.29, 0.717) is 0 Å². The minimum absolute atomic E-state index is 0.754. The van der Waals surface area contributed by atoms with Gasteiger partial charge in [0.2, 0.25) is 0 Å². The van der Waals surface area contributed by atoms with Crippen molar-refractivity contribution in [1.29, 1.82) is 0 Å². The lowest BCUT2D eigenvalue weighted by Gasteiger charge is -1.88. The van der Waals surface area contributed by atoms with Gasteiger partial charge in [-0.2, -0.15) is 0 Å². The zero-order valence-corrected chi connectivity index (χ0v) is 5.54. The van der Waals surface area contributed by atoms with Gasteiger partial charge in [0.15, 0.2) is 23.0 Å². The molecule has 0 aromatic rings. The Bertz CT molecular complexity index is 80.2. The summed E-state index contributed by atoms with van der Waals surface area (Å²) >= 11 is 1.41. The van der Waals surface area contributed by atoms with Crippen LogP contribution in [0.4, 0.5) is 4.79 Å². The largest absolute Gasteiger partial charge is 0.522 e. The van der Waals surface area contributed by atoms with Gasteiger partial charge in [-0.1, -0.05) is 6.58 Å². The van der Waals surface area contributed by atoms with Gasteiger partial charge in [0.1, 0.15) is 0 Å². The number of rotatable bonds is 1. The van der Waals surface area contributed by atoms with E-state index in [1.807, 2.05) is 0 Å². The van der Waals surface area contributed by atoms with Gasteiger partial charge in [-0.05, 0) is 0 Å². The predicted octanol–water partition coefficient (Wildman–Crippen LogP) is 1.63. The summed E-state index contributed by atoms with van der Waals surface area (Å²) < 4.78 is 8.11. The van der Waals surface area contributed by atoms with Gasteiger partial charge in [0.25, 0.3) is 0 Å². The van der Waals surface area contributed by atoms with Crippen molar-refractivity contribution in [3.63, 3.8) is 0 Å². The molecule has 0 saturated heterocycles. The van der Waals surface area contributed by atoms with E-state index >= 15 is 0 Å². The van der Waals surface area contributed by atoms with Crippen molar-refractivity contribution in [2.45, 2.75) is 0 Å². The fourth-order valence-electron chi connectivity index (χ4n) is 0.0862. The number of hydrogen-bond donors (Lipinski definition) is 0. The molecule has 0 heterocycles. The van der Waals surface area contributed by atoms with Crippen LogP contribution in [0, 0.1) is 0 Å². The summed E-state index contributed by atoms with van der Waals surface area (Å²) in [6.45, 7) is 3.12. The van der Waals surface area contributed by atoms with E-state index in [0.717, 1.165) is 6.26 Å². The van der Waals surface area contributed by atoms with E-state index in [1.165, 1.54) is 23.0 Å². The van der Waals surface area contributed by atoms with Crippen LogP contribution in [0.25, 0.3) is 0 Å². The molecular formula is C3H3IO3. The summed E-state index contributed by atoms with van der Waals surface area (Å²) in [7, 11) is 0. The fraction of sp³-hybridized carbons (Fsp3) is 0. The Balaban J connectivity index is 3.17. The molecule has 4 heteroatoms. The second kappa shape index (κ2) is 3.91. The standard InChI is InChI=1S/C3H3IO3/c1-2-6-3(5)7-4/h2H,1H2. The summed E-state index contributed by atoms with van der Waals surface area (Å²) in [4.78, 5) is 9.89. The Hall–Kier alpha value is -0.260. The van der Waals surface area contributed by atoms with Crippen LogP contribution in [-0.2, 0) is 7.80 Å². The smallest absolute Gasteiger partial charge is 0.403 e. The number of halogens is 1. The molecule has 40 valence electrons. The summed E-state index contributed by atoms with van der Waals surface area (Å²) in [5, 5.41) is 0. The van der Waals surface area contributed by atoms with Crippen LogP contribution in [-0.4, -0.2) is 6.16 Å². The minimum Gasteiger partial charge on any atom is -0.403 e. The maximum absolute atomic E-state index is 9.89. The Morgan fingerprint density at radius 3 is 2.57 bits per heavy atom. The molecule has 0 aliphatic carbocycles. The van der Waals surface area contributed by atoms with Gasteiger partial charge < -0.3 is 7.80 Å². The molecule has 0 amide bonds. The Morgan fingerprint density at radius 1 is 1.86 bits per heavy atom. The molecular weight excluding hydrogens is 211 g/mol.